The number of nitrogens with one attached hydrogen (secondary N) is 2. The molecule has 0 aliphatic heterocycles. The van der Waals surface area contributed by atoms with Crippen molar-refractivity contribution in [1.29, 1.82) is 0 Å². The number of aryl methyl sites for hydroxylation is 1. The maximum atomic E-state index is 4.98. The van der Waals surface area contributed by atoms with Crippen molar-refractivity contribution in [3.8, 4) is 0 Å². The molecule has 2 heterocycles. The first kappa shape index (κ1) is 11.4. The first-order valence-electron chi connectivity index (χ1n) is 5.51. The van der Waals surface area contributed by atoms with Gasteiger partial charge in [-0.3, -0.25) is 0 Å². The molecule has 2 rings (SSSR count). The average molecular weight is 233 g/mol. The van der Waals surface area contributed by atoms with Gasteiger partial charge in [0.1, 0.15) is 17.3 Å². The molecule has 90 valence electrons. The lowest BCUT2D eigenvalue weighted by molar-refractivity contribution is 0.391. The molecule has 0 saturated carbocycles. The van der Waals surface area contributed by atoms with Gasteiger partial charge in [0.05, 0.1) is 6.54 Å². The van der Waals surface area contributed by atoms with E-state index < -0.39 is 0 Å². The fourth-order valence-corrected chi connectivity index (χ4v) is 1.38. The Morgan fingerprint density at radius 3 is 2.94 bits per heavy atom. The summed E-state index contributed by atoms with van der Waals surface area (Å²) in [5.74, 6) is 2.18. The van der Waals surface area contributed by atoms with Gasteiger partial charge in [-0.25, -0.2) is 4.98 Å². The Morgan fingerprint density at radius 2 is 2.24 bits per heavy atom. The minimum Gasteiger partial charge on any atom is -0.364 e. The van der Waals surface area contributed by atoms with E-state index in [9.17, 15) is 0 Å². The Hall–Kier alpha value is -2.11. The van der Waals surface area contributed by atoms with Crippen LogP contribution in [0.2, 0.25) is 0 Å². The Kier molecular flexibility index (Phi) is 3.54. The van der Waals surface area contributed by atoms with Crippen molar-refractivity contribution < 1.29 is 4.52 Å². The lowest BCUT2D eigenvalue weighted by Gasteiger charge is -2.05. The second-order valence-electron chi connectivity index (χ2n) is 3.58. The molecule has 0 unspecified atom stereocenters. The van der Waals surface area contributed by atoms with Gasteiger partial charge >= 0.3 is 0 Å². The molecule has 0 fully saturated rings. The zero-order chi connectivity index (χ0) is 12.1. The van der Waals surface area contributed by atoms with Crippen LogP contribution in [0, 0.1) is 6.92 Å². The van der Waals surface area contributed by atoms with Crippen LogP contribution in [-0.2, 0) is 6.54 Å². The summed E-state index contributed by atoms with van der Waals surface area (Å²) in [4.78, 5) is 8.38. The highest BCUT2D eigenvalue weighted by Gasteiger charge is 2.01. The molecule has 6 nitrogen and oxygen atoms in total. The third-order valence-electron chi connectivity index (χ3n) is 2.12. The van der Waals surface area contributed by atoms with Crippen LogP contribution in [0.25, 0.3) is 0 Å². The smallest absolute Gasteiger partial charge is 0.224 e. The van der Waals surface area contributed by atoms with E-state index in [1.165, 1.54) is 0 Å². The molecule has 2 aromatic heterocycles. The van der Waals surface area contributed by atoms with E-state index in [0.29, 0.717) is 12.5 Å². The highest BCUT2D eigenvalue weighted by molar-refractivity contribution is 5.39. The molecule has 0 bridgehead atoms. The number of aromatic nitrogens is 3. The fraction of sp³-hybridized carbons (Fsp3) is 0.364. The van der Waals surface area contributed by atoms with Gasteiger partial charge in [0, 0.05) is 18.8 Å². The van der Waals surface area contributed by atoms with Crippen LogP contribution in [0.15, 0.2) is 22.9 Å². The van der Waals surface area contributed by atoms with Gasteiger partial charge in [0.15, 0.2) is 0 Å². The normalized spacial score (nSPS) is 10.2. The third kappa shape index (κ3) is 3.17. The third-order valence-corrected chi connectivity index (χ3v) is 2.12. The van der Waals surface area contributed by atoms with Crippen LogP contribution in [0.5, 0.6) is 0 Å². The molecule has 0 atom stereocenters. The van der Waals surface area contributed by atoms with E-state index in [0.717, 1.165) is 23.8 Å². The molecule has 0 aromatic carbocycles. The highest BCUT2D eigenvalue weighted by Crippen LogP contribution is 2.08. The average Bonchev–Trinajstić information content (AvgIpc) is 2.74. The second kappa shape index (κ2) is 5.29. The molecule has 0 amide bonds. The maximum Gasteiger partial charge on any atom is 0.224 e. The van der Waals surface area contributed by atoms with Crippen LogP contribution in [0.1, 0.15) is 18.4 Å². The van der Waals surface area contributed by atoms with Gasteiger partial charge in [0.2, 0.25) is 5.95 Å². The lowest BCUT2D eigenvalue weighted by Crippen LogP contribution is -2.06. The van der Waals surface area contributed by atoms with E-state index in [1.54, 1.807) is 6.20 Å². The number of anilines is 2. The molecule has 0 saturated heterocycles. The molecular formula is C11H15N5O. The van der Waals surface area contributed by atoms with Crippen LogP contribution in [0.3, 0.4) is 0 Å². The van der Waals surface area contributed by atoms with Crippen LogP contribution in [0.4, 0.5) is 11.8 Å². The molecular weight excluding hydrogens is 218 g/mol. The maximum absolute atomic E-state index is 4.98. The SMILES string of the molecule is CCNc1nccc(NCc2cc(C)on2)n1. The molecule has 17 heavy (non-hydrogen) atoms. The highest BCUT2D eigenvalue weighted by atomic mass is 16.5. The molecule has 6 heteroatoms. The Bertz CT molecular complexity index is 482. The summed E-state index contributed by atoms with van der Waals surface area (Å²) in [5, 5.41) is 10.1. The summed E-state index contributed by atoms with van der Waals surface area (Å²) in [6, 6.07) is 3.70. The van der Waals surface area contributed by atoms with Crippen LogP contribution < -0.4 is 10.6 Å². The minimum absolute atomic E-state index is 0.583. The summed E-state index contributed by atoms with van der Waals surface area (Å²) in [7, 11) is 0. The largest absolute Gasteiger partial charge is 0.364 e. The molecule has 2 aromatic rings. The summed E-state index contributed by atoms with van der Waals surface area (Å²) >= 11 is 0. The van der Waals surface area contributed by atoms with E-state index in [4.69, 9.17) is 4.52 Å². The minimum atomic E-state index is 0.583. The van der Waals surface area contributed by atoms with E-state index in [1.807, 2.05) is 26.0 Å². The van der Waals surface area contributed by atoms with Crippen LogP contribution >= 0.6 is 0 Å². The van der Waals surface area contributed by atoms with Gasteiger partial charge in [-0.2, -0.15) is 4.98 Å². The predicted molar refractivity (Wildman–Crippen MR) is 64.8 cm³/mol. The van der Waals surface area contributed by atoms with Crippen molar-refractivity contribution in [1.82, 2.24) is 15.1 Å². The first-order valence-corrected chi connectivity index (χ1v) is 5.51. The number of rotatable bonds is 5. The second-order valence-corrected chi connectivity index (χ2v) is 3.58. The standard InChI is InChI=1S/C11H15N5O/c1-3-12-11-13-5-4-10(15-11)14-7-9-6-8(2)17-16-9/h4-6H,3,7H2,1-2H3,(H2,12,13,14,15). The van der Waals surface area contributed by atoms with E-state index in [-0.39, 0.29) is 0 Å². The van der Waals surface area contributed by atoms with Crippen molar-refractivity contribution in [2.45, 2.75) is 20.4 Å². The molecule has 2 N–H and O–H groups in total. The number of hydrogen-bond donors (Lipinski definition) is 2. The van der Waals surface area contributed by atoms with Gasteiger partial charge < -0.3 is 15.2 Å². The molecule has 0 spiro atoms. The predicted octanol–water partition coefficient (Wildman–Crippen LogP) is 1.82. The quantitative estimate of drug-likeness (QED) is 0.820. The topological polar surface area (TPSA) is 75.9 Å². The van der Waals surface area contributed by atoms with Crippen molar-refractivity contribution in [2.75, 3.05) is 17.2 Å². The van der Waals surface area contributed by atoms with Crippen molar-refractivity contribution in [3.63, 3.8) is 0 Å². The number of nitrogens with zero attached hydrogens (tertiary/aromatic N) is 3. The Balaban J connectivity index is 1.96. The van der Waals surface area contributed by atoms with E-state index in [2.05, 4.69) is 25.8 Å². The zero-order valence-corrected chi connectivity index (χ0v) is 9.90. The summed E-state index contributed by atoms with van der Waals surface area (Å²) in [6.07, 6.45) is 1.71. The van der Waals surface area contributed by atoms with E-state index >= 15 is 0 Å². The fourth-order valence-electron chi connectivity index (χ4n) is 1.38. The summed E-state index contributed by atoms with van der Waals surface area (Å²) < 4.78 is 4.98. The summed E-state index contributed by atoms with van der Waals surface area (Å²) in [5.41, 5.74) is 0.853. The summed E-state index contributed by atoms with van der Waals surface area (Å²) in [6.45, 7) is 5.25. The van der Waals surface area contributed by atoms with Crippen molar-refractivity contribution >= 4 is 11.8 Å². The van der Waals surface area contributed by atoms with Crippen molar-refractivity contribution in [3.05, 3.63) is 29.8 Å². The monoisotopic (exact) mass is 233 g/mol. The van der Waals surface area contributed by atoms with Gasteiger partial charge in [-0.15, -0.1) is 0 Å². The van der Waals surface area contributed by atoms with Gasteiger partial charge in [0.25, 0.3) is 0 Å². The Morgan fingerprint density at radius 1 is 1.35 bits per heavy atom. The van der Waals surface area contributed by atoms with Gasteiger partial charge in [-0.05, 0) is 19.9 Å². The molecule has 0 aliphatic carbocycles. The van der Waals surface area contributed by atoms with Crippen molar-refractivity contribution in [2.24, 2.45) is 0 Å². The molecule has 0 aliphatic rings. The lowest BCUT2D eigenvalue weighted by atomic mass is 10.4. The zero-order valence-electron chi connectivity index (χ0n) is 9.90. The van der Waals surface area contributed by atoms with Crippen LogP contribution in [-0.4, -0.2) is 21.7 Å². The first-order chi connectivity index (χ1) is 8.28. The Labute approximate surface area is 99.5 Å². The molecule has 0 radical (unpaired) electrons. The van der Waals surface area contributed by atoms with Gasteiger partial charge in [-0.1, -0.05) is 5.16 Å². The number of hydrogen-bond acceptors (Lipinski definition) is 6.